The Hall–Kier alpha value is -3.24. The van der Waals surface area contributed by atoms with Crippen molar-refractivity contribution in [3.63, 3.8) is 0 Å². The van der Waals surface area contributed by atoms with Crippen LogP contribution in [0.5, 0.6) is 11.5 Å². The fourth-order valence-corrected chi connectivity index (χ4v) is 4.21. The summed E-state index contributed by atoms with van der Waals surface area (Å²) in [4.78, 5) is 18.8. The first-order chi connectivity index (χ1) is 17.6. The van der Waals surface area contributed by atoms with Crippen molar-refractivity contribution in [2.75, 3.05) is 27.2 Å². The van der Waals surface area contributed by atoms with Crippen LogP contribution >= 0.6 is 11.3 Å². The minimum Gasteiger partial charge on any atom is -0.497 e. The van der Waals surface area contributed by atoms with Gasteiger partial charge in [0.05, 0.1) is 12.7 Å². The standard InChI is InChI=1S/C27H33F2N3O4S/c1-27(2,3)36-26(33)32(4)14-6-13-30-15-20-16-31-25(37-20)21-11-12-22(28)24(23(21)29)35-17-18-7-9-19(34-5)10-8-18/h7-12,16,30H,6,13-15,17H2,1-5H3. The van der Waals surface area contributed by atoms with Gasteiger partial charge in [-0.1, -0.05) is 12.1 Å². The Balaban J connectivity index is 1.52. The Labute approximate surface area is 220 Å². The zero-order chi connectivity index (χ0) is 27.0. The van der Waals surface area contributed by atoms with Gasteiger partial charge in [-0.25, -0.2) is 18.6 Å². The number of methoxy groups -OCH3 is 1. The van der Waals surface area contributed by atoms with Crippen molar-refractivity contribution in [3.05, 3.63) is 64.7 Å². The summed E-state index contributed by atoms with van der Waals surface area (Å²) in [6.45, 7) is 7.27. The van der Waals surface area contributed by atoms with Gasteiger partial charge < -0.3 is 24.4 Å². The van der Waals surface area contributed by atoms with Gasteiger partial charge in [0.1, 0.15) is 23.0 Å². The largest absolute Gasteiger partial charge is 0.497 e. The molecule has 1 amide bonds. The molecule has 1 aromatic heterocycles. The molecule has 0 fully saturated rings. The maximum absolute atomic E-state index is 15.2. The highest BCUT2D eigenvalue weighted by Gasteiger charge is 2.20. The van der Waals surface area contributed by atoms with E-state index in [2.05, 4.69) is 10.3 Å². The molecule has 0 saturated heterocycles. The second kappa shape index (κ2) is 12.8. The fourth-order valence-electron chi connectivity index (χ4n) is 3.30. The van der Waals surface area contributed by atoms with E-state index in [1.807, 2.05) is 20.8 Å². The van der Waals surface area contributed by atoms with Crippen LogP contribution in [0.25, 0.3) is 10.6 Å². The third-order valence-corrected chi connectivity index (χ3v) is 6.26. The molecule has 10 heteroatoms. The van der Waals surface area contributed by atoms with Gasteiger partial charge in [0.2, 0.25) is 0 Å². The SMILES string of the molecule is COc1ccc(COc2c(F)ccc(-c3ncc(CNCCCN(C)C(=O)OC(C)(C)C)s3)c2F)cc1. The average molecular weight is 534 g/mol. The molecular weight excluding hydrogens is 500 g/mol. The highest BCUT2D eigenvalue weighted by atomic mass is 32.1. The molecule has 0 aliphatic heterocycles. The van der Waals surface area contributed by atoms with Crippen LogP contribution in [0.3, 0.4) is 0 Å². The normalized spacial score (nSPS) is 11.3. The van der Waals surface area contributed by atoms with Crippen LogP contribution in [0.1, 0.15) is 37.6 Å². The highest BCUT2D eigenvalue weighted by molar-refractivity contribution is 7.15. The maximum Gasteiger partial charge on any atom is 0.410 e. The van der Waals surface area contributed by atoms with Crippen molar-refractivity contribution >= 4 is 17.4 Å². The molecule has 200 valence electrons. The highest BCUT2D eigenvalue weighted by Crippen LogP contribution is 2.34. The lowest BCUT2D eigenvalue weighted by Gasteiger charge is -2.24. The van der Waals surface area contributed by atoms with E-state index in [0.717, 1.165) is 16.9 Å². The first-order valence-electron chi connectivity index (χ1n) is 11.9. The summed E-state index contributed by atoms with van der Waals surface area (Å²) < 4.78 is 45.5. The predicted octanol–water partition coefficient (Wildman–Crippen LogP) is 6.02. The van der Waals surface area contributed by atoms with E-state index in [1.54, 1.807) is 49.5 Å². The van der Waals surface area contributed by atoms with Crippen molar-refractivity contribution in [3.8, 4) is 22.1 Å². The van der Waals surface area contributed by atoms with Crippen LogP contribution in [0.15, 0.2) is 42.6 Å². The van der Waals surface area contributed by atoms with Gasteiger partial charge in [0.25, 0.3) is 0 Å². The number of benzene rings is 2. The number of carbonyl (C=O) groups is 1. The number of amides is 1. The summed E-state index contributed by atoms with van der Waals surface area (Å²) in [6, 6.07) is 9.61. The second-order valence-corrected chi connectivity index (χ2v) is 10.6. The number of carbonyl (C=O) groups excluding carboxylic acids is 1. The lowest BCUT2D eigenvalue weighted by Crippen LogP contribution is -2.35. The topological polar surface area (TPSA) is 72.9 Å². The third-order valence-electron chi connectivity index (χ3n) is 5.23. The summed E-state index contributed by atoms with van der Waals surface area (Å²) >= 11 is 1.32. The molecule has 0 atom stereocenters. The van der Waals surface area contributed by atoms with Crippen LogP contribution < -0.4 is 14.8 Å². The van der Waals surface area contributed by atoms with E-state index >= 15 is 4.39 Å². The van der Waals surface area contributed by atoms with Crippen molar-refractivity contribution in [1.82, 2.24) is 15.2 Å². The van der Waals surface area contributed by atoms with Gasteiger partial charge in [0.15, 0.2) is 17.4 Å². The number of rotatable bonds is 11. The van der Waals surface area contributed by atoms with Crippen LogP contribution in [0.2, 0.25) is 0 Å². The molecule has 37 heavy (non-hydrogen) atoms. The number of halogens is 2. The monoisotopic (exact) mass is 533 g/mol. The zero-order valence-electron chi connectivity index (χ0n) is 21.8. The van der Waals surface area contributed by atoms with Gasteiger partial charge >= 0.3 is 6.09 Å². The van der Waals surface area contributed by atoms with Crippen LogP contribution in [0.4, 0.5) is 13.6 Å². The summed E-state index contributed by atoms with van der Waals surface area (Å²) in [7, 11) is 3.27. The quantitative estimate of drug-likeness (QED) is 0.304. The Kier molecular flexibility index (Phi) is 9.82. The van der Waals surface area contributed by atoms with Gasteiger partial charge in [-0.3, -0.25) is 0 Å². The molecule has 3 aromatic rings. The molecule has 0 bridgehead atoms. The summed E-state index contributed by atoms with van der Waals surface area (Å²) in [5.74, 6) is -1.31. The van der Waals surface area contributed by atoms with E-state index in [-0.39, 0.29) is 18.3 Å². The molecule has 1 heterocycles. The Morgan fingerprint density at radius 2 is 1.86 bits per heavy atom. The van der Waals surface area contributed by atoms with E-state index in [9.17, 15) is 9.18 Å². The molecular formula is C27H33F2N3O4S. The van der Waals surface area contributed by atoms with Crippen LogP contribution in [-0.4, -0.2) is 48.8 Å². The summed E-state index contributed by atoms with van der Waals surface area (Å²) in [6.07, 6.45) is 2.05. The molecule has 0 radical (unpaired) electrons. The Bertz CT molecular complexity index is 1180. The van der Waals surface area contributed by atoms with E-state index in [1.165, 1.54) is 23.5 Å². The number of aromatic nitrogens is 1. The number of thiazole rings is 1. The van der Waals surface area contributed by atoms with Gasteiger partial charge in [-0.05, 0) is 63.6 Å². The second-order valence-electron chi connectivity index (χ2n) is 9.44. The average Bonchev–Trinajstić information content (AvgIpc) is 3.31. The van der Waals surface area contributed by atoms with Crippen molar-refractivity contribution in [2.45, 2.75) is 45.9 Å². The molecule has 7 nitrogen and oxygen atoms in total. The summed E-state index contributed by atoms with van der Waals surface area (Å²) in [5.41, 5.74) is 0.409. The number of hydrogen-bond acceptors (Lipinski definition) is 7. The van der Waals surface area contributed by atoms with Crippen LogP contribution in [-0.2, 0) is 17.9 Å². The minimum atomic E-state index is -0.785. The van der Waals surface area contributed by atoms with Crippen molar-refractivity contribution < 1.29 is 27.8 Å². The lowest BCUT2D eigenvalue weighted by atomic mass is 10.2. The van der Waals surface area contributed by atoms with Crippen molar-refractivity contribution in [2.24, 2.45) is 0 Å². The predicted molar refractivity (Wildman–Crippen MR) is 140 cm³/mol. The Morgan fingerprint density at radius 1 is 1.14 bits per heavy atom. The van der Waals surface area contributed by atoms with Crippen LogP contribution in [0, 0.1) is 11.6 Å². The third kappa shape index (κ3) is 8.40. The fraction of sp³-hybridized carbons (Fsp3) is 0.407. The number of hydrogen-bond donors (Lipinski definition) is 1. The molecule has 0 aliphatic rings. The first kappa shape index (κ1) is 28.3. The summed E-state index contributed by atoms with van der Waals surface area (Å²) in [5, 5.41) is 3.73. The smallest absolute Gasteiger partial charge is 0.410 e. The van der Waals surface area contributed by atoms with Gasteiger partial charge in [-0.15, -0.1) is 11.3 Å². The number of nitrogens with zero attached hydrogens (tertiary/aromatic N) is 2. The molecule has 2 aromatic carbocycles. The molecule has 0 unspecified atom stereocenters. The molecule has 3 rings (SSSR count). The van der Waals surface area contributed by atoms with E-state index < -0.39 is 23.0 Å². The Morgan fingerprint density at radius 3 is 2.54 bits per heavy atom. The van der Waals surface area contributed by atoms with Crippen molar-refractivity contribution in [1.29, 1.82) is 0 Å². The number of nitrogens with one attached hydrogen (secondary N) is 1. The maximum atomic E-state index is 15.2. The van der Waals surface area contributed by atoms with E-state index in [4.69, 9.17) is 14.2 Å². The lowest BCUT2D eigenvalue weighted by molar-refractivity contribution is 0.0297. The minimum absolute atomic E-state index is 0.0114. The molecule has 1 N–H and O–H groups in total. The van der Waals surface area contributed by atoms with Gasteiger partial charge in [-0.2, -0.15) is 0 Å². The molecule has 0 aliphatic carbocycles. The number of ether oxygens (including phenoxy) is 3. The molecule has 0 spiro atoms. The van der Waals surface area contributed by atoms with Gasteiger partial charge in [0, 0.05) is 31.2 Å². The molecule has 0 saturated carbocycles. The first-order valence-corrected chi connectivity index (χ1v) is 12.7. The zero-order valence-corrected chi connectivity index (χ0v) is 22.6. The van der Waals surface area contributed by atoms with E-state index in [0.29, 0.717) is 30.4 Å².